The molecule has 2 N–H and O–H groups in total. The summed E-state index contributed by atoms with van der Waals surface area (Å²) in [5.74, 6) is 0. The number of aliphatic hydroxyl groups excluding tert-OH is 2. The SMILES string of the molecule is O=CN(CCCO)CCCO. The third-order valence-electron chi connectivity index (χ3n) is 1.36. The summed E-state index contributed by atoms with van der Waals surface area (Å²) in [7, 11) is 0. The Kier molecular flexibility index (Phi) is 7.08. The van der Waals surface area contributed by atoms with Crippen LogP contribution < -0.4 is 0 Å². The van der Waals surface area contributed by atoms with E-state index in [1.165, 1.54) is 0 Å². The van der Waals surface area contributed by atoms with Crippen molar-refractivity contribution in [2.75, 3.05) is 26.3 Å². The van der Waals surface area contributed by atoms with Crippen LogP contribution in [-0.4, -0.2) is 47.8 Å². The van der Waals surface area contributed by atoms with Gasteiger partial charge in [-0.25, -0.2) is 0 Å². The number of hydrogen-bond acceptors (Lipinski definition) is 3. The van der Waals surface area contributed by atoms with Crippen LogP contribution in [0, 0.1) is 0 Å². The third-order valence-corrected chi connectivity index (χ3v) is 1.36. The van der Waals surface area contributed by atoms with E-state index in [1.807, 2.05) is 0 Å². The smallest absolute Gasteiger partial charge is 0.209 e. The second kappa shape index (κ2) is 7.50. The van der Waals surface area contributed by atoms with Gasteiger partial charge in [-0.3, -0.25) is 4.79 Å². The highest BCUT2D eigenvalue weighted by Crippen LogP contribution is 1.89. The maximum atomic E-state index is 10.3. The van der Waals surface area contributed by atoms with Gasteiger partial charge in [0, 0.05) is 26.3 Å². The molecule has 0 aromatic rings. The maximum Gasteiger partial charge on any atom is 0.209 e. The fourth-order valence-electron chi connectivity index (χ4n) is 0.765. The lowest BCUT2D eigenvalue weighted by atomic mass is 10.3. The molecule has 4 nitrogen and oxygen atoms in total. The second-order valence-electron chi connectivity index (χ2n) is 2.30. The zero-order valence-corrected chi connectivity index (χ0v) is 6.57. The highest BCUT2D eigenvalue weighted by atomic mass is 16.3. The number of nitrogens with zero attached hydrogens (tertiary/aromatic N) is 1. The molecule has 0 atom stereocenters. The number of carbonyl (C=O) groups excluding carboxylic acids is 1. The van der Waals surface area contributed by atoms with E-state index in [0.29, 0.717) is 25.9 Å². The van der Waals surface area contributed by atoms with E-state index in [4.69, 9.17) is 10.2 Å². The molecule has 0 saturated carbocycles. The molecule has 0 aliphatic carbocycles. The molecule has 4 heteroatoms. The van der Waals surface area contributed by atoms with Crippen molar-refractivity contribution in [1.82, 2.24) is 4.90 Å². The van der Waals surface area contributed by atoms with Crippen LogP contribution in [-0.2, 0) is 4.79 Å². The predicted molar refractivity (Wildman–Crippen MR) is 41.0 cm³/mol. The minimum atomic E-state index is 0.101. The van der Waals surface area contributed by atoms with Crippen molar-refractivity contribution in [3.63, 3.8) is 0 Å². The molecule has 0 radical (unpaired) electrons. The third kappa shape index (κ3) is 5.82. The van der Waals surface area contributed by atoms with E-state index < -0.39 is 0 Å². The van der Waals surface area contributed by atoms with E-state index in [1.54, 1.807) is 4.90 Å². The molecular formula is C7H15NO3. The van der Waals surface area contributed by atoms with Crippen LogP contribution in [0.15, 0.2) is 0 Å². The van der Waals surface area contributed by atoms with Crippen LogP contribution in [0.4, 0.5) is 0 Å². The molecule has 0 unspecified atom stereocenters. The molecule has 11 heavy (non-hydrogen) atoms. The fourth-order valence-corrected chi connectivity index (χ4v) is 0.765. The summed E-state index contributed by atoms with van der Waals surface area (Å²) in [5, 5.41) is 16.9. The first-order valence-electron chi connectivity index (χ1n) is 3.76. The summed E-state index contributed by atoms with van der Waals surface area (Å²) < 4.78 is 0. The van der Waals surface area contributed by atoms with E-state index >= 15 is 0 Å². The number of carbonyl (C=O) groups is 1. The Bertz CT molecular complexity index is 89.7. The van der Waals surface area contributed by atoms with E-state index in [9.17, 15) is 4.79 Å². The van der Waals surface area contributed by atoms with Gasteiger partial charge in [-0.05, 0) is 12.8 Å². The Morgan fingerprint density at radius 1 is 1.09 bits per heavy atom. The molecule has 0 rings (SSSR count). The van der Waals surface area contributed by atoms with Crippen molar-refractivity contribution in [1.29, 1.82) is 0 Å². The topological polar surface area (TPSA) is 60.8 Å². The zero-order valence-electron chi connectivity index (χ0n) is 6.57. The largest absolute Gasteiger partial charge is 0.396 e. The van der Waals surface area contributed by atoms with Crippen LogP contribution in [0.1, 0.15) is 12.8 Å². The molecule has 0 saturated heterocycles. The lowest BCUT2D eigenvalue weighted by Gasteiger charge is -2.15. The molecule has 0 fully saturated rings. The Balaban J connectivity index is 3.33. The first kappa shape index (κ1) is 10.4. The quantitative estimate of drug-likeness (QED) is 0.481. The summed E-state index contributed by atoms with van der Waals surface area (Å²) in [4.78, 5) is 11.8. The first-order valence-corrected chi connectivity index (χ1v) is 3.76. The number of aliphatic hydroxyl groups is 2. The van der Waals surface area contributed by atoms with E-state index in [-0.39, 0.29) is 13.2 Å². The molecule has 0 aliphatic heterocycles. The average Bonchev–Trinajstić information content (AvgIpc) is 2.05. The molecule has 0 aromatic heterocycles. The standard InChI is InChI=1S/C7H15NO3/c9-5-1-3-8(7-11)4-2-6-10/h7,9-10H,1-6H2. The fraction of sp³-hybridized carbons (Fsp3) is 0.857. The summed E-state index contributed by atoms with van der Waals surface area (Å²) in [6.45, 7) is 1.34. The molecule has 0 bridgehead atoms. The Hall–Kier alpha value is -0.610. The van der Waals surface area contributed by atoms with Crippen LogP contribution in [0.5, 0.6) is 0 Å². The summed E-state index contributed by atoms with van der Waals surface area (Å²) in [6, 6.07) is 0. The van der Waals surface area contributed by atoms with Gasteiger partial charge in [0.2, 0.25) is 6.41 Å². The molecular weight excluding hydrogens is 146 g/mol. The van der Waals surface area contributed by atoms with Crippen molar-refractivity contribution in [3.05, 3.63) is 0 Å². The van der Waals surface area contributed by atoms with Crippen LogP contribution in [0.2, 0.25) is 0 Å². The average molecular weight is 161 g/mol. The Morgan fingerprint density at radius 2 is 1.55 bits per heavy atom. The van der Waals surface area contributed by atoms with Crippen LogP contribution in [0.25, 0.3) is 0 Å². The van der Waals surface area contributed by atoms with Gasteiger partial charge >= 0.3 is 0 Å². The van der Waals surface area contributed by atoms with Crippen molar-refractivity contribution in [3.8, 4) is 0 Å². The Morgan fingerprint density at radius 3 is 1.82 bits per heavy atom. The normalized spacial score (nSPS) is 9.64. The predicted octanol–water partition coefficient (Wildman–Crippen LogP) is -0.790. The minimum Gasteiger partial charge on any atom is -0.396 e. The minimum absolute atomic E-state index is 0.101. The highest BCUT2D eigenvalue weighted by Gasteiger charge is 1.98. The summed E-state index contributed by atoms with van der Waals surface area (Å²) >= 11 is 0. The van der Waals surface area contributed by atoms with Gasteiger partial charge in [-0.1, -0.05) is 0 Å². The van der Waals surface area contributed by atoms with Gasteiger partial charge < -0.3 is 15.1 Å². The number of amides is 1. The highest BCUT2D eigenvalue weighted by molar-refractivity contribution is 5.46. The maximum absolute atomic E-state index is 10.3. The van der Waals surface area contributed by atoms with Gasteiger partial charge in [-0.15, -0.1) is 0 Å². The van der Waals surface area contributed by atoms with Crippen molar-refractivity contribution >= 4 is 6.41 Å². The van der Waals surface area contributed by atoms with Crippen LogP contribution in [0.3, 0.4) is 0 Å². The van der Waals surface area contributed by atoms with Crippen LogP contribution >= 0.6 is 0 Å². The van der Waals surface area contributed by atoms with E-state index in [2.05, 4.69) is 0 Å². The number of hydrogen-bond donors (Lipinski definition) is 2. The van der Waals surface area contributed by atoms with Crippen molar-refractivity contribution < 1.29 is 15.0 Å². The zero-order chi connectivity index (χ0) is 8.53. The van der Waals surface area contributed by atoms with Crippen molar-refractivity contribution in [2.45, 2.75) is 12.8 Å². The molecule has 66 valence electrons. The van der Waals surface area contributed by atoms with Gasteiger partial charge in [0.1, 0.15) is 0 Å². The molecule has 0 heterocycles. The molecule has 1 amide bonds. The van der Waals surface area contributed by atoms with Crippen molar-refractivity contribution in [2.24, 2.45) is 0 Å². The first-order chi connectivity index (χ1) is 5.35. The lowest BCUT2D eigenvalue weighted by molar-refractivity contribution is -0.118. The van der Waals surface area contributed by atoms with Gasteiger partial charge in [-0.2, -0.15) is 0 Å². The Labute approximate surface area is 66.4 Å². The molecule has 0 spiro atoms. The van der Waals surface area contributed by atoms with Gasteiger partial charge in [0.05, 0.1) is 0 Å². The van der Waals surface area contributed by atoms with E-state index in [0.717, 1.165) is 6.41 Å². The lowest BCUT2D eigenvalue weighted by Crippen LogP contribution is -2.25. The van der Waals surface area contributed by atoms with Gasteiger partial charge in [0.25, 0.3) is 0 Å². The second-order valence-corrected chi connectivity index (χ2v) is 2.30. The van der Waals surface area contributed by atoms with Gasteiger partial charge in [0.15, 0.2) is 0 Å². The molecule has 0 aliphatic rings. The monoisotopic (exact) mass is 161 g/mol. The summed E-state index contributed by atoms with van der Waals surface area (Å²) in [6.07, 6.45) is 1.94. The summed E-state index contributed by atoms with van der Waals surface area (Å²) in [5.41, 5.74) is 0. The number of rotatable bonds is 7. The molecule has 0 aromatic carbocycles.